The molecular weight excluding hydrogens is 284 g/mol. The second-order valence-corrected chi connectivity index (χ2v) is 4.54. The van der Waals surface area contributed by atoms with Crippen LogP contribution in [0.15, 0.2) is 34.0 Å². The largest absolute Gasteiger partial charge is 0.394 e. The van der Waals surface area contributed by atoms with Gasteiger partial charge in [0.1, 0.15) is 24.1 Å². The number of aldehydes is 1. The van der Waals surface area contributed by atoms with Crippen LogP contribution in [0.3, 0.4) is 0 Å². The highest BCUT2D eigenvalue weighted by atomic mass is 16.6. The summed E-state index contributed by atoms with van der Waals surface area (Å²) in [5.41, 5.74) is -3.51. The van der Waals surface area contributed by atoms with Crippen molar-refractivity contribution < 1.29 is 24.9 Å². The van der Waals surface area contributed by atoms with E-state index in [0.29, 0.717) is 6.29 Å². The molecule has 1 aliphatic rings. The smallest absolute Gasteiger partial charge is 0.330 e. The zero-order chi connectivity index (χ0) is 15.6. The van der Waals surface area contributed by atoms with E-state index in [4.69, 9.17) is 4.74 Å². The van der Waals surface area contributed by atoms with Crippen LogP contribution in [0.25, 0.3) is 0 Å². The molecule has 4 atom stereocenters. The summed E-state index contributed by atoms with van der Waals surface area (Å²) < 4.78 is 6.14. The van der Waals surface area contributed by atoms with Gasteiger partial charge in [0.15, 0.2) is 6.23 Å². The fraction of sp³-hybridized carbons (Fsp3) is 0.417. The molecule has 1 aliphatic heterocycles. The van der Waals surface area contributed by atoms with Crippen molar-refractivity contribution in [3.63, 3.8) is 0 Å². The third-order valence-corrected chi connectivity index (χ3v) is 3.30. The second-order valence-electron chi connectivity index (χ2n) is 4.54. The number of H-pyrrole nitrogens is 1. The first-order chi connectivity index (χ1) is 9.93. The van der Waals surface area contributed by atoms with Crippen LogP contribution >= 0.6 is 0 Å². The lowest BCUT2D eigenvalue weighted by Gasteiger charge is -2.26. The first-order valence-electron chi connectivity index (χ1n) is 6.05. The lowest BCUT2D eigenvalue weighted by molar-refractivity contribution is -0.104. The van der Waals surface area contributed by atoms with E-state index in [1.165, 1.54) is 0 Å². The van der Waals surface area contributed by atoms with E-state index in [2.05, 4.69) is 0 Å². The van der Waals surface area contributed by atoms with Gasteiger partial charge in [-0.05, 0) is 12.2 Å². The molecule has 2 rings (SSSR count). The van der Waals surface area contributed by atoms with Crippen LogP contribution in [0.4, 0.5) is 0 Å². The Bertz CT molecular complexity index is 664. The van der Waals surface area contributed by atoms with Gasteiger partial charge in [0.25, 0.3) is 5.56 Å². The molecule has 1 aromatic heterocycles. The summed E-state index contributed by atoms with van der Waals surface area (Å²) in [5, 5.41) is 29.8. The lowest BCUT2D eigenvalue weighted by Crippen LogP contribution is -2.48. The molecule has 4 N–H and O–H groups in total. The number of carbonyl (C=O) groups excluding carboxylic acids is 1. The van der Waals surface area contributed by atoms with Crippen LogP contribution in [-0.4, -0.2) is 55.6 Å². The van der Waals surface area contributed by atoms with Crippen molar-refractivity contribution in [2.45, 2.75) is 24.0 Å². The van der Waals surface area contributed by atoms with Crippen molar-refractivity contribution in [1.82, 2.24) is 9.55 Å². The van der Waals surface area contributed by atoms with Gasteiger partial charge < -0.3 is 20.1 Å². The molecule has 0 spiro atoms. The van der Waals surface area contributed by atoms with Crippen LogP contribution < -0.4 is 11.2 Å². The third-order valence-electron chi connectivity index (χ3n) is 3.30. The Hall–Kier alpha value is -2.07. The molecule has 9 nitrogen and oxygen atoms in total. The average molecular weight is 298 g/mol. The molecule has 0 saturated carbocycles. The molecule has 0 bridgehead atoms. The maximum Gasteiger partial charge on any atom is 0.330 e. The van der Waals surface area contributed by atoms with E-state index in [1.54, 1.807) is 0 Å². The Morgan fingerprint density at radius 2 is 2.19 bits per heavy atom. The molecule has 1 aromatic rings. The molecule has 21 heavy (non-hydrogen) atoms. The standard InChI is InChI=1S/C12H14N2O7/c15-5-1-3-12(20)7(6-16)21-10(9(12)18)14-4-2-8(17)13-11(14)19/h1-5,7,9-10,16,18,20H,6H2,(H,13,17,19)/t7-,9+,10-,12+/m1/s1. The molecule has 0 unspecified atom stereocenters. The Kier molecular flexibility index (Phi) is 4.19. The number of ether oxygens (including phenoxy) is 1. The highest BCUT2D eigenvalue weighted by Gasteiger charge is 2.54. The fourth-order valence-corrected chi connectivity index (χ4v) is 2.20. The summed E-state index contributed by atoms with van der Waals surface area (Å²) in [4.78, 5) is 35.1. The average Bonchev–Trinajstić information content (AvgIpc) is 2.70. The second kappa shape index (κ2) is 5.74. The van der Waals surface area contributed by atoms with Crippen molar-refractivity contribution in [3.8, 4) is 0 Å². The highest BCUT2D eigenvalue weighted by molar-refractivity contribution is 5.65. The van der Waals surface area contributed by atoms with Gasteiger partial charge in [0.2, 0.25) is 0 Å². The van der Waals surface area contributed by atoms with E-state index >= 15 is 0 Å². The number of aliphatic hydroxyl groups is 3. The fourth-order valence-electron chi connectivity index (χ4n) is 2.20. The van der Waals surface area contributed by atoms with Gasteiger partial charge in [-0.15, -0.1) is 0 Å². The van der Waals surface area contributed by atoms with Crippen LogP contribution in [-0.2, 0) is 9.53 Å². The predicted molar refractivity (Wildman–Crippen MR) is 68.5 cm³/mol. The van der Waals surface area contributed by atoms with E-state index < -0.39 is 41.9 Å². The number of aliphatic hydroxyl groups excluding tert-OH is 2. The van der Waals surface area contributed by atoms with Gasteiger partial charge in [0, 0.05) is 12.3 Å². The molecule has 0 radical (unpaired) electrons. The number of allylic oxidation sites excluding steroid dienone is 1. The summed E-state index contributed by atoms with van der Waals surface area (Å²) in [7, 11) is 0. The third kappa shape index (κ3) is 2.59. The minimum Gasteiger partial charge on any atom is -0.394 e. The monoisotopic (exact) mass is 298 g/mol. The molecule has 0 amide bonds. The quantitative estimate of drug-likeness (QED) is 0.349. The van der Waals surface area contributed by atoms with Gasteiger partial charge in [-0.25, -0.2) is 4.79 Å². The summed E-state index contributed by atoms with van der Waals surface area (Å²) >= 11 is 0. The minimum absolute atomic E-state index is 0.388. The van der Waals surface area contributed by atoms with Gasteiger partial charge >= 0.3 is 5.69 Å². The number of carbonyl (C=O) groups is 1. The van der Waals surface area contributed by atoms with Crippen molar-refractivity contribution in [1.29, 1.82) is 0 Å². The number of nitrogens with one attached hydrogen (secondary N) is 1. The predicted octanol–water partition coefficient (Wildman–Crippen LogP) is -2.73. The molecular formula is C12H14N2O7. The molecule has 2 heterocycles. The number of aromatic nitrogens is 2. The Morgan fingerprint density at radius 3 is 2.76 bits per heavy atom. The van der Waals surface area contributed by atoms with Crippen molar-refractivity contribution in [2.24, 2.45) is 0 Å². The SMILES string of the molecule is O=CC=C[C@]1(O)[C@@H](CO)O[C@@H](n2ccc(=O)[nH]c2=O)[C@@H]1O. The molecule has 9 heteroatoms. The molecule has 1 saturated heterocycles. The number of rotatable bonds is 4. The summed E-state index contributed by atoms with van der Waals surface area (Å²) in [6, 6.07) is 1.05. The van der Waals surface area contributed by atoms with Crippen LogP contribution in [0.2, 0.25) is 0 Å². The highest BCUT2D eigenvalue weighted by Crippen LogP contribution is 2.37. The molecule has 0 aromatic carbocycles. The topological polar surface area (TPSA) is 142 Å². The van der Waals surface area contributed by atoms with Crippen LogP contribution in [0, 0.1) is 0 Å². The maximum absolute atomic E-state index is 11.7. The van der Waals surface area contributed by atoms with Crippen molar-refractivity contribution in [2.75, 3.05) is 6.61 Å². The number of hydrogen-bond acceptors (Lipinski definition) is 7. The Balaban J connectivity index is 2.44. The van der Waals surface area contributed by atoms with Gasteiger partial charge in [-0.2, -0.15) is 0 Å². The first-order valence-corrected chi connectivity index (χ1v) is 6.05. The number of nitrogens with zero attached hydrogens (tertiary/aromatic N) is 1. The summed E-state index contributed by atoms with van der Waals surface area (Å²) in [6.07, 6.45) is -0.776. The van der Waals surface area contributed by atoms with E-state index in [1.807, 2.05) is 4.98 Å². The van der Waals surface area contributed by atoms with Gasteiger partial charge in [-0.1, -0.05) is 0 Å². The Labute approximate surface area is 117 Å². The summed E-state index contributed by atoms with van der Waals surface area (Å²) in [6.45, 7) is -0.647. The van der Waals surface area contributed by atoms with E-state index in [9.17, 15) is 29.7 Å². The lowest BCUT2D eigenvalue weighted by atomic mass is 9.92. The zero-order valence-electron chi connectivity index (χ0n) is 10.7. The first kappa shape index (κ1) is 15.3. The van der Waals surface area contributed by atoms with E-state index in [0.717, 1.165) is 29.0 Å². The van der Waals surface area contributed by atoms with Crippen LogP contribution in [0.1, 0.15) is 6.23 Å². The Morgan fingerprint density at radius 1 is 1.48 bits per heavy atom. The molecule has 1 fully saturated rings. The van der Waals surface area contributed by atoms with E-state index in [-0.39, 0.29) is 0 Å². The minimum atomic E-state index is -2.05. The molecule has 114 valence electrons. The number of aromatic amines is 1. The number of hydrogen-bond donors (Lipinski definition) is 4. The van der Waals surface area contributed by atoms with Gasteiger partial charge in [-0.3, -0.25) is 19.1 Å². The normalized spacial score (nSPS) is 32.6. The zero-order valence-corrected chi connectivity index (χ0v) is 10.7. The van der Waals surface area contributed by atoms with Crippen molar-refractivity contribution >= 4 is 6.29 Å². The summed E-state index contributed by atoms with van der Waals surface area (Å²) in [5.74, 6) is 0. The van der Waals surface area contributed by atoms with Crippen LogP contribution in [0.5, 0.6) is 0 Å². The van der Waals surface area contributed by atoms with Gasteiger partial charge in [0.05, 0.1) is 6.61 Å². The molecule has 0 aliphatic carbocycles. The van der Waals surface area contributed by atoms with Crippen molar-refractivity contribution in [3.05, 3.63) is 45.3 Å². The maximum atomic E-state index is 11.7.